The van der Waals surface area contributed by atoms with E-state index in [1.54, 1.807) is 43.3 Å². The van der Waals surface area contributed by atoms with Crippen LogP contribution in [0.15, 0.2) is 53.1 Å². The number of ether oxygens (including phenoxy) is 1. The first kappa shape index (κ1) is 17.7. The Hall–Kier alpha value is -3.12. The Balaban J connectivity index is 2.00. The third-order valence-electron chi connectivity index (χ3n) is 3.89. The molecular formula is C19H15ClN2O4. The maximum atomic E-state index is 12.8. The largest absolute Gasteiger partial charge is 0.496 e. The van der Waals surface area contributed by atoms with E-state index < -0.39 is 5.97 Å². The van der Waals surface area contributed by atoms with Gasteiger partial charge in [-0.3, -0.25) is 4.79 Å². The zero-order valence-corrected chi connectivity index (χ0v) is 14.8. The number of nitrogens with zero attached hydrogens (tertiary/aromatic N) is 2. The fraction of sp³-hybridized carbons (Fsp3) is 0.105. The Bertz CT molecular complexity index is 966. The van der Waals surface area contributed by atoms with Crippen molar-refractivity contribution in [3.63, 3.8) is 0 Å². The highest BCUT2D eigenvalue weighted by Gasteiger charge is 2.29. The fourth-order valence-electron chi connectivity index (χ4n) is 2.60. The minimum absolute atomic E-state index is 0.0806. The first-order valence-corrected chi connectivity index (χ1v) is 8.07. The molecule has 0 bridgehead atoms. The summed E-state index contributed by atoms with van der Waals surface area (Å²) in [5, 5.41) is 15.1. The van der Waals surface area contributed by atoms with Crippen LogP contribution in [0, 0.1) is 0 Å². The van der Waals surface area contributed by atoms with Crippen LogP contribution in [0.4, 0.5) is 5.69 Å². The number of methoxy groups -OCH3 is 1. The second-order valence-corrected chi connectivity index (χ2v) is 6.04. The Kier molecular flexibility index (Phi) is 4.77. The molecule has 0 atom stereocenters. The number of rotatable bonds is 4. The zero-order valence-electron chi connectivity index (χ0n) is 14.1. The molecule has 7 heteroatoms. The minimum Gasteiger partial charge on any atom is -0.496 e. The van der Waals surface area contributed by atoms with E-state index in [1.165, 1.54) is 24.3 Å². The molecule has 0 saturated heterocycles. The van der Waals surface area contributed by atoms with Gasteiger partial charge in [0.05, 0.1) is 29.6 Å². The van der Waals surface area contributed by atoms with Crippen LogP contribution in [0.5, 0.6) is 5.75 Å². The number of carbonyl (C=O) groups excluding carboxylic acids is 1. The van der Waals surface area contributed by atoms with Gasteiger partial charge in [-0.2, -0.15) is 10.1 Å². The molecule has 0 aliphatic carbocycles. The summed E-state index contributed by atoms with van der Waals surface area (Å²) in [5.41, 5.74) is 2.01. The number of halogens is 1. The topological polar surface area (TPSA) is 79.2 Å². The summed E-state index contributed by atoms with van der Waals surface area (Å²) in [6.45, 7) is 1.71. The molecule has 6 nitrogen and oxygen atoms in total. The standard InChI is InChI=1S/C19H15ClN2O4/c1-11-16(10-13-8-14(20)6-7-17(13)26-2)18(23)22(21-11)15-5-3-4-12(9-15)19(24)25/h3-10H,1-2H3,(H,24,25)/b16-10+. The van der Waals surface area contributed by atoms with E-state index in [-0.39, 0.29) is 11.5 Å². The van der Waals surface area contributed by atoms with E-state index in [2.05, 4.69) is 5.10 Å². The third kappa shape index (κ3) is 3.32. The predicted octanol–water partition coefficient (Wildman–Crippen LogP) is 3.85. The molecule has 0 fully saturated rings. The van der Waals surface area contributed by atoms with Crippen LogP contribution in [0.25, 0.3) is 6.08 Å². The second-order valence-electron chi connectivity index (χ2n) is 5.60. The van der Waals surface area contributed by atoms with Crippen molar-refractivity contribution in [3.05, 3.63) is 64.2 Å². The summed E-state index contributed by atoms with van der Waals surface area (Å²) in [7, 11) is 1.53. The van der Waals surface area contributed by atoms with E-state index in [0.717, 1.165) is 0 Å². The summed E-state index contributed by atoms with van der Waals surface area (Å²) in [5.74, 6) is -0.848. The van der Waals surface area contributed by atoms with E-state index in [4.69, 9.17) is 21.4 Å². The molecule has 1 aliphatic rings. The number of carboxylic acid groups (broad SMARTS) is 1. The average molecular weight is 371 g/mol. The lowest BCUT2D eigenvalue weighted by Crippen LogP contribution is -2.21. The van der Waals surface area contributed by atoms with Gasteiger partial charge in [0.2, 0.25) is 0 Å². The summed E-state index contributed by atoms with van der Waals surface area (Å²) < 4.78 is 5.30. The highest BCUT2D eigenvalue weighted by atomic mass is 35.5. The number of carbonyl (C=O) groups is 2. The number of carboxylic acids is 1. The predicted molar refractivity (Wildman–Crippen MR) is 100.0 cm³/mol. The van der Waals surface area contributed by atoms with Gasteiger partial charge in [-0.15, -0.1) is 0 Å². The van der Waals surface area contributed by atoms with Gasteiger partial charge < -0.3 is 9.84 Å². The first-order chi connectivity index (χ1) is 12.4. The maximum Gasteiger partial charge on any atom is 0.335 e. The van der Waals surface area contributed by atoms with E-state index >= 15 is 0 Å². The SMILES string of the molecule is COc1ccc(Cl)cc1/C=C1/C(=O)N(c2cccc(C(=O)O)c2)N=C1C. The van der Waals surface area contributed by atoms with E-state index in [0.29, 0.717) is 33.3 Å². The molecule has 1 N–H and O–H groups in total. The maximum absolute atomic E-state index is 12.8. The molecule has 1 aliphatic heterocycles. The monoisotopic (exact) mass is 370 g/mol. The molecule has 1 heterocycles. The summed E-state index contributed by atoms with van der Waals surface area (Å²) in [6, 6.07) is 11.2. The number of hydrogen-bond donors (Lipinski definition) is 1. The Morgan fingerprint density at radius 3 is 2.73 bits per heavy atom. The third-order valence-corrected chi connectivity index (χ3v) is 4.13. The second kappa shape index (κ2) is 7.01. The Morgan fingerprint density at radius 1 is 1.27 bits per heavy atom. The molecule has 132 valence electrons. The lowest BCUT2D eigenvalue weighted by atomic mass is 10.1. The number of hydrogen-bond acceptors (Lipinski definition) is 4. The number of benzene rings is 2. The normalized spacial score (nSPS) is 15.3. The van der Waals surface area contributed by atoms with Crippen molar-refractivity contribution in [2.75, 3.05) is 12.1 Å². The highest BCUT2D eigenvalue weighted by Crippen LogP contribution is 2.29. The van der Waals surface area contributed by atoms with Crippen LogP contribution >= 0.6 is 11.6 Å². The molecule has 2 aromatic carbocycles. The van der Waals surface area contributed by atoms with Gasteiger partial charge >= 0.3 is 5.97 Å². The molecule has 0 aromatic heterocycles. The molecule has 3 rings (SSSR count). The summed E-state index contributed by atoms with van der Waals surface area (Å²) in [4.78, 5) is 24.0. The van der Waals surface area contributed by atoms with Crippen molar-refractivity contribution >= 4 is 41.0 Å². The first-order valence-electron chi connectivity index (χ1n) is 7.69. The van der Waals surface area contributed by atoms with Crippen molar-refractivity contribution in [3.8, 4) is 5.75 Å². The van der Waals surface area contributed by atoms with E-state index in [9.17, 15) is 9.59 Å². The quantitative estimate of drug-likeness (QED) is 0.829. The van der Waals surface area contributed by atoms with Crippen LogP contribution in [0.1, 0.15) is 22.8 Å². The van der Waals surface area contributed by atoms with Crippen LogP contribution in [-0.2, 0) is 4.79 Å². The molecule has 0 unspecified atom stereocenters. The zero-order chi connectivity index (χ0) is 18.8. The number of hydrazone groups is 1. The van der Waals surface area contributed by atoms with Crippen molar-refractivity contribution in [2.45, 2.75) is 6.92 Å². The molecule has 2 aromatic rings. The van der Waals surface area contributed by atoms with Gasteiger partial charge in [-0.1, -0.05) is 17.7 Å². The lowest BCUT2D eigenvalue weighted by Gasteiger charge is -2.12. The van der Waals surface area contributed by atoms with Gasteiger partial charge in [-0.25, -0.2) is 4.79 Å². The number of aromatic carboxylic acids is 1. The van der Waals surface area contributed by atoms with Crippen molar-refractivity contribution in [2.24, 2.45) is 5.10 Å². The number of anilines is 1. The van der Waals surface area contributed by atoms with Crippen molar-refractivity contribution < 1.29 is 19.4 Å². The molecule has 0 spiro atoms. The number of amides is 1. The summed E-state index contributed by atoms with van der Waals surface area (Å²) in [6.07, 6.45) is 1.66. The molecule has 0 saturated carbocycles. The molecule has 0 radical (unpaired) electrons. The minimum atomic E-state index is -1.07. The highest BCUT2D eigenvalue weighted by molar-refractivity contribution is 6.33. The van der Waals surface area contributed by atoms with Crippen LogP contribution < -0.4 is 9.75 Å². The van der Waals surface area contributed by atoms with Crippen molar-refractivity contribution in [1.82, 2.24) is 0 Å². The Labute approximate surface area is 155 Å². The molecule has 26 heavy (non-hydrogen) atoms. The summed E-state index contributed by atoms with van der Waals surface area (Å²) >= 11 is 6.04. The molecular weight excluding hydrogens is 356 g/mol. The fourth-order valence-corrected chi connectivity index (χ4v) is 2.78. The average Bonchev–Trinajstić information content (AvgIpc) is 2.90. The van der Waals surface area contributed by atoms with Gasteiger partial charge in [-0.05, 0) is 49.4 Å². The molecule has 1 amide bonds. The Morgan fingerprint density at radius 2 is 2.04 bits per heavy atom. The lowest BCUT2D eigenvalue weighted by molar-refractivity contribution is -0.114. The van der Waals surface area contributed by atoms with Crippen LogP contribution in [0.2, 0.25) is 5.02 Å². The van der Waals surface area contributed by atoms with Gasteiger partial charge in [0, 0.05) is 10.6 Å². The van der Waals surface area contributed by atoms with E-state index in [1.807, 2.05) is 0 Å². The smallest absolute Gasteiger partial charge is 0.335 e. The van der Waals surface area contributed by atoms with Crippen LogP contribution in [-0.4, -0.2) is 29.8 Å². The van der Waals surface area contributed by atoms with Gasteiger partial charge in [0.1, 0.15) is 5.75 Å². The van der Waals surface area contributed by atoms with Crippen molar-refractivity contribution in [1.29, 1.82) is 0 Å². The van der Waals surface area contributed by atoms with Gasteiger partial charge in [0.15, 0.2) is 0 Å². The van der Waals surface area contributed by atoms with Gasteiger partial charge in [0.25, 0.3) is 5.91 Å². The van der Waals surface area contributed by atoms with Crippen LogP contribution in [0.3, 0.4) is 0 Å².